The summed E-state index contributed by atoms with van der Waals surface area (Å²) in [6.45, 7) is 5.37. The van der Waals surface area contributed by atoms with Crippen LogP contribution in [0, 0.1) is 5.82 Å². The highest BCUT2D eigenvalue weighted by atomic mass is 32.2. The van der Waals surface area contributed by atoms with Crippen molar-refractivity contribution in [3.63, 3.8) is 0 Å². The average molecular weight is 390 g/mol. The molecule has 1 aliphatic rings. The van der Waals surface area contributed by atoms with E-state index in [4.69, 9.17) is 4.74 Å². The summed E-state index contributed by atoms with van der Waals surface area (Å²) in [6, 6.07) is 17.0. The van der Waals surface area contributed by atoms with Gasteiger partial charge in [-0.25, -0.2) is 4.39 Å². The molecule has 4 nitrogen and oxygen atoms in total. The van der Waals surface area contributed by atoms with E-state index in [0.717, 1.165) is 26.3 Å². The molecule has 1 saturated heterocycles. The highest BCUT2D eigenvalue weighted by Crippen LogP contribution is 2.21. The molecule has 0 unspecified atom stereocenters. The van der Waals surface area contributed by atoms with Crippen molar-refractivity contribution in [3.8, 4) is 0 Å². The SMILES string of the molecule is C[C@H](NC(=O)CSc1ccccc1F)[C@H](c1ccccc1)[NH+]1CCOCC1. The zero-order valence-electron chi connectivity index (χ0n) is 15.5. The fourth-order valence-electron chi connectivity index (χ4n) is 3.57. The van der Waals surface area contributed by atoms with E-state index in [1.54, 1.807) is 18.2 Å². The Hall–Kier alpha value is -1.89. The molecule has 6 heteroatoms. The number of hydrogen-bond donors (Lipinski definition) is 2. The van der Waals surface area contributed by atoms with Gasteiger partial charge in [-0.15, -0.1) is 11.8 Å². The molecule has 2 atom stereocenters. The van der Waals surface area contributed by atoms with Crippen LogP contribution in [0.1, 0.15) is 18.5 Å². The maximum Gasteiger partial charge on any atom is 0.230 e. The number of ether oxygens (including phenoxy) is 1. The number of morpholine rings is 1. The summed E-state index contributed by atoms with van der Waals surface area (Å²) >= 11 is 1.23. The minimum atomic E-state index is -0.289. The van der Waals surface area contributed by atoms with Crippen LogP contribution in [0.2, 0.25) is 0 Å². The van der Waals surface area contributed by atoms with Crippen LogP contribution in [0.15, 0.2) is 59.5 Å². The van der Waals surface area contributed by atoms with Crippen molar-refractivity contribution in [2.24, 2.45) is 0 Å². The predicted octanol–water partition coefficient (Wildman–Crippen LogP) is 2.08. The number of quaternary nitrogens is 1. The molecule has 2 aromatic rings. The van der Waals surface area contributed by atoms with Gasteiger partial charge in [0.2, 0.25) is 5.91 Å². The van der Waals surface area contributed by atoms with E-state index >= 15 is 0 Å². The minimum absolute atomic E-state index is 0.0331. The first-order chi connectivity index (χ1) is 13.1. The molecule has 0 spiro atoms. The number of hydrogen-bond acceptors (Lipinski definition) is 3. The molecule has 0 bridgehead atoms. The van der Waals surface area contributed by atoms with Crippen molar-refractivity contribution >= 4 is 17.7 Å². The molecule has 1 heterocycles. The zero-order chi connectivity index (χ0) is 19.1. The first-order valence-electron chi connectivity index (χ1n) is 9.29. The van der Waals surface area contributed by atoms with E-state index in [1.165, 1.54) is 28.3 Å². The third-order valence-corrected chi connectivity index (χ3v) is 5.87. The molecule has 144 valence electrons. The standard InChI is InChI=1S/C21H25FN2O2S/c1-16(23-20(25)15-27-19-10-6-5-9-18(19)22)21(17-7-3-2-4-8-17)24-11-13-26-14-12-24/h2-10,16,21H,11-15H2,1H3,(H,23,25)/p+1/t16-,21+/m0/s1. The summed E-state index contributed by atoms with van der Waals surface area (Å²) in [4.78, 5) is 14.4. The number of carbonyl (C=O) groups is 1. The van der Waals surface area contributed by atoms with Gasteiger partial charge in [-0.1, -0.05) is 42.5 Å². The van der Waals surface area contributed by atoms with Gasteiger partial charge in [0.05, 0.1) is 25.0 Å². The molecule has 1 fully saturated rings. The lowest BCUT2D eigenvalue weighted by molar-refractivity contribution is -0.940. The second-order valence-electron chi connectivity index (χ2n) is 6.73. The van der Waals surface area contributed by atoms with Crippen LogP contribution in [0.5, 0.6) is 0 Å². The topological polar surface area (TPSA) is 42.8 Å². The van der Waals surface area contributed by atoms with Gasteiger partial charge in [0.15, 0.2) is 0 Å². The summed E-state index contributed by atoms with van der Waals surface area (Å²) in [5, 5.41) is 3.12. The largest absolute Gasteiger partial charge is 0.370 e. The lowest BCUT2D eigenvalue weighted by Crippen LogP contribution is -3.15. The Morgan fingerprint density at radius 3 is 2.52 bits per heavy atom. The number of amides is 1. The third-order valence-electron chi connectivity index (χ3n) is 4.82. The van der Waals surface area contributed by atoms with E-state index in [9.17, 15) is 9.18 Å². The van der Waals surface area contributed by atoms with E-state index in [1.807, 2.05) is 25.1 Å². The van der Waals surface area contributed by atoms with Crippen molar-refractivity contribution in [2.75, 3.05) is 32.1 Å². The van der Waals surface area contributed by atoms with Crippen LogP contribution < -0.4 is 10.2 Å². The van der Waals surface area contributed by atoms with E-state index in [0.29, 0.717) is 4.90 Å². The summed E-state index contributed by atoms with van der Waals surface area (Å²) < 4.78 is 19.2. The molecule has 1 amide bonds. The van der Waals surface area contributed by atoms with Crippen molar-refractivity contribution in [1.82, 2.24) is 5.32 Å². The van der Waals surface area contributed by atoms with E-state index in [2.05, 4.69) is 17.4 Å². The first kappa shape index (κ1) is 19.9. The van der Waals surface area contributed by atoms with Crippen LogP contribution in [0.3, 0.4) is 0 Å². The Morgan fingerprint density at radius 2 is 1.81 bits per heavy atom. The van der Waals surface area contributed by atoms with Gasteiger partial charge in [-0.3, -0.25) is 4.79 Å². The monoisotopic (exact) mass is 389 g/mol. The Labute approximate surface area is 164 Å². The number of nitrogens with one attached hydrogen (secondary N) is 2. The lowest BCUT2D eigenvalue weighted by atomic mass is 9.98. The number of rotatable bonds is 7. The smallest absolute Gasteiger partial charge is 0.230 e. The fourth-order valence-corrected chi connectivity index (χ4v) is 4.32. The second kappa shape index (κ2) is 9.88. The normalized spacial score (nSPS) is 17.3. The van der Waals surface area contributed by atoms with Crippen molar-refractivity contribution in [2.45, 2.75) is 23.9 Å². The number of thioether (sulfide) groups is 1. The third kappa shape index (κ3) is 5.54. The molecule has 0 saturated carbocycles. The van der Waals surface area contributed by atoms with Crippen LogP contribution in [-0.2, 0) is 9.53 Å². The van der Waals surface area contributed by atoms with Gasteiger partial charge >= 0.3 is 0 Å². The molecule has 1 aliphatic heterocycles. The van der Waals surface area contributed by atoms with Crippen molar-refractivity contribution in [1.29, 1.82) is 0 Å². The molecule has 0 aliphatic carbocycles. The molecule has 0 aromatic heterocycles. The molecule has 2 aromatic carbocycles. The second-order valence-corrected chi connectivity index (χ2v) is 7.75. The van der Waals surface area contributed by atoms with Gasteiger partial charge in [-0.2, -0.15) is 0 Å². The Balaban J connectivity index is 1.64. The Kier molecular flexibility index (Phi) is 7.26. The molecule has 2 N–H and O–H groups in total. The van der Waals surface area contributed by atoms with Crippen LogP contribution in [0.25, 0.3) is 0 Å². The molecule has 3 rings (SSSR count). The first-order valence-corrected chi connectivity index (χ1v) is 10.3. The fraction of sp³-hybridized carbons (Fsp3) is 0.381. The van der Waals surface area contributed by atoms with E-state index in [-0.39, 0.29) is 29.6 Å². The van der Waals surface area contributed by atoms with Crippen molar-refractivity contribution in [3.05, 3.63) is 66.0 Å². The van der Waals surface area contributed by atoms with Gasteiger partial charge in [-0.05, 0) is 19.1 Å². The van der Waals surface area contributed by atoms with Crippen LogP contribution >= 0.6 is 11.8 Å². The predicted molar refractivity (Wildman–Crippen MR) is 105 cm³/mol. The Morgan fingerprint density at radius 1 is 1.15 bits per heavy atom. The maximum absolute atomic E-state index is 13.7. The number of carbonyl (C=O) groups excluding carboxylic acids is 1. The van der Waals surface area contributed by atoms with Gasteiger partial charge in [0.1, 0.15) is 24.9 Å². The van der Waals surface area contributed by atoms with Crippen LogP contribution in [0.4, 0.5) is 4.39 Å². The number of benzene rings is 2. The lowest BCUT2D eigenvalue weighted by Gasteiger charge is -2.35. The number of halogens is 1. The highest BCUT2D eigenvalue weighted by Gasteiger charge is 2.32. The van der Waals surface area contributed by atoms with Crippen molar-refractivity contribution < 1.29 is 18.8 Å². The molecular formula is C21H26FN2O2S+. The van der Waals surface area contributed by atoms with Gasteiger partial charge in [0.25, 0.3) is 0 Å². The zero-order valence-corrected chi connectivity index (χ0v) is 16.3. The van der Waals surface area contributed by atoms with Gasteiger partial charge < -0.3 is 15.0 Å². The summed E-state index contributed by atoms with van der Waals surface area (Å²) in [6.07, 6.45) is 0. The molecular weight excluding hydrogens is 363 g/mol. The molecule has 0 radical (unpaired) electrons. The summed E-state index contributed by atoms with van der Waals surface area (Å²) in [5.41, 5.74) is 1.21. The highest BCUT2D eigenvalue weighted by molar-refractivity contribution is 8.00. The van der Waals surface area contributed by atoms with E-state index < -0.39 is 0 Å². The quantitative estimate of drug-likeness (QED) is 0.713. The minimum Gasteiger partial charge on any atom is -0.370 e. The summed E-state index contributed by atoms with van der Waals surface area (Å²) in [7, 11) is 0. The van der Waals surface area contributed by atoms with Crippen LogP contribution in [-0.4, -0.2) is 44.0 Å². The average Bonchev–Trinajstić information content (AvgIpc) is 2.69. The Bertz CT molecular complexity index is 738. The maximum atomic E-state index is 13.7. The van der Waals surface area contributed by atoms with Gasteiger partial charge in [0, 0.05) is 10.5 Å². The molecule has 27 heavy (non-hydrogen) atoms. The summed E-state index contributed by atoms with van der Waals surface area (Å²) in [5.74, 6) is -0.168.